The van der Waals surface area contributed by atoms with E-state index in [2.05, 4.69) is 6.92 Å². The summed E-state index contributed by atoms with van der Waals surface area (Å²) in [5.74, 6) is -3.38. The van der Waals surface area contributed by atoms with E-state index in [1.54, 1.807) is 14.2 Å². The Balaban J connectivity index is 2.71. The Morgan fingerprint density at radius 3 is 1.96 bits per heavy atom. The summed E-state index contributed by atoms with van der Waals surface area (Å²) in [6, 6.07) is 1.46. The van der Waals surface area contributed by atoms with Gasteiger partial charge in [0.25, 0.3) is 0 Å². The number of hydrogen-bond acceptors (Lipinski definition) is 2. The second-order valence-electron chi connectivity index (χ2n) is 7.06. The van der Waals surface area contributed by atoms with Crippen molar-refractivity contribution in [2.45, 2.75) is 77.4 Å². The van der Waals surface area contributed by atoms with Crippen molar-refractivity contribution < 1.29 is 22.6 Å². The fourth-order valence-corrected chi connectivity index (χ4v) is 3.39. The smallest absolute Gasteiger partial charge is 0.167 e. The minimum absolute atomic E-state index is 0.00692. The summed E-state index contributed by atoms with van der Waals surface area (Å²) in [5, 5.41) is 0. The molecule has 0 heterocycles. The SMILES string of the molecule is CCCCCCCCC(CCc1c(F)cc(F)cc1F)C(C)(OC)OC. The Labute approximate surface area is 156 Å². The Morgan fingerprint density at radius 2 is 1.42 bits per heavy atom. The van der Waals surface area contributed by atoms with Crippen LogP contribution in [0.15, 0.2) is 12.1 Å². The van der Waals surface area contributed by atoms with Gasteiger partial charge in [-0.05, 0) is 26.2 Å². The zero-order valence-electron chi connectivity index (χ0n) is 16.5. The first-order valence-electron chi connectivity index (χ1n) is 9.61. The molecule has 1 rings (SSSR count). The molecule has 0 aliphatic heterocycles. The van der Waals surface area contributed by atoms with Crippen molar-refractivity contribution in [3.63, 3.8) is 0 Å². The van der Waals surface area contributed by atoms with Crippen LogP contribution in [0, 0.1) is 23.4 Å². The van der Waals surface area contributed by atoms with E-state index >= 15 is 0 Å². The molecule has 1 aromatic carbocycles. The van der Waals surface area contributed by atoms with Gasteiger partial charge in [-0.1, -0.05) is 45.4 Å². The number of unbranched alkanes of at least 4 members (excludes halogenated alkanes) is 5. The molecule has 5 heteroatoms. The van der Waals surface area contributed by atoms with Gasteiger partial charge in [-0.3, -0.25) is 0 Å². The Bertz CT molecular complexity index is 507. The topological polar surface area (TPSA) is 18.5 Å². The lowest BCUT2D eigenvalue weighted by Crippen LogP contribution is -2.39. The van der Waals surface area contributed by atoms with E-state index < -0.39 is 23.2 Å². The molecule has 0 saturated carbocycles. The fourth-order valence-electron chi connectivity index (χ4n) is 3.39. The molecule has 0 N–H and O–H groups in total. The largest absolute Gasteiger partial charge is 0.353 e. The highest BCUT2D eigenvalue weighted by Gasteiger charge is 2.34. The molecule has 0 aromatic heterocycles. The molecule has 1 unspecified atom stereocenters. The van der Waals surface area contributed by atoms with Crippen molar-refractivity contribution in [1.29, 1.82) is 0 Å². The van der Waals surface area contributed by atoms with Gasteiger partial charge >= 0.3 is 0 Å². The summed E-state index contributed by atoms with van der Waals surface area (Å²) in [4.78, 5) is 0. The zero-order valence-corrected chi connectivity index (χ0v) is 16.5. The second-order valence-corrected chi connectivity index (χ2v) is 7.06. The van der Waals surface area contributed by atoms with E-state index in [0.29, 0.717) is 6.42 Å². The van der Waals surface area contributed by atoms with Gasteiger partial charge in [0.05, 0.1) is 0 Å². The second kappa shape index (κ2) is 11.6. The Kier molecular flexibility index (Phi) is 10.3. The van der Waals surface area contributed by atoms with E-state index in [1.165, 1.54) is 25.7 Å². The number of rotatable bonds is 13. The summed E-state index contributed by atoms with van der Waals surface area (Å²) in [6.45, 7) is 4.04. The predicted octanol–water partition coefficient (Wildman–Crippen LogP) is 6.41. The molecule has 0 amide bonds. The third kappa shape index (κ3) is 6.92. The van der Waals surface area contributed by atoms with Crippen LogP contribution >= 0.6 is 0 Å². The normalized spacial score (nSPS) is 13.2. The maximum absolute atomic E-state index is 13.9. The molecule has 0 aliphatic rings. The number of benzene rings is 1. The maximum atomic E-state index is 13.9. The molecule has 0 aliphatic carbocycles. The van der Waals surface area contributed by atoms with Crippen molar-refractivity contribution in [3.8, 4) is 0 Å². The zero-order chi connectivity index (χ0) is 19.6. The van der Waals surface area contributed by atoms with E-state index in [1.807, 2.05) is 6.92 Å². The summed E-state index contributed by atoms with van der Waals surface area (Å²) in [6.07, 6.45) is 8.58. The summed E-state index contributed by atoms with van der Waals surface area (Å²) < 4.78 is 52.0. The highest BCUT2D eigenvalue weighted by molar-refractivity contribution is 5.21. The third-order valence-corrected chi connectivity index (χ3v) is 5.31. The lowest BCUT2D eigenvalue weighted by atomic mass is 9.87. The van der Waals surface area contributed by atoms with Crippen LogP contribution in [0.2, 0.25) is 0 Å². The molecule has 26 heavy (non-hydrogen) atoms. The van der Waals surface area contributed by atoms with Crippen molar-refractivity contribution in [1.82, 2.24) is 0 Å². The number of methoxy groups -OCH3 is 2. The van der Waals surface area contributed by atoms with Crippen LogP contribution in [-0.2, 0) is 15.9 Å². The van der Waals surface area contributed by atoms with Crippen LogP contribution in [-0.4, -0.2) is 20.0 Å². The average molecular weight is 374 g/mol. The van der Waals surface area contributed by atoms with Crippen LogP contribution in [0.3, 0.4) is 0 Å². The van der Waals surface area contributed by atoms with E-state index in [4.69, 9.17) is 9.47 Å². The van der Waals surface area contributed by atoms with Crippen LogP contribution in [0.1, 0.15) is 70.8 Å². The Morgan fingerprint density at radius 1 is 0.885 bits per heavy atom. The number of hydrogen-bond donors (Lipinski definition) is 0. The van der Waals surface area contributed by atoms with Crippen LogP contribution < -0.4 is 0 Å². The molecule has 0 fully saturated rings. The first-order valence-corrected chi connectivity index (χ1v) is 9.61. The molecule has 1 atom stereocenters. The molecule has 150 valence electrons. The quantitative estimate of drug-likeness (QED) is 0.293. The third-order valence-electron chi connectivity index (χ3n) is 5.31. The van der Waals surface area contributed by atoms with Gasteiger partial charge in [0.1, 0.15) is 17.5 Å². The average Bonchev–Trinajstić information content (AvgIpc) is 2.61. The number of ether oxygens (including phenoxy) is 2. The molecular weight excluding hydrogens is 341 g/mol. The summed E-state index contributed by atoms with van der Waals surface area (Å²) >= 11 is 0. The van der Waals surface area contributed by atoms with Gasteiger partial charge in [0.15, 0.2) is 5.79 Å². The Hall–Kier alpha value is -1.07. The van der Waals surface area contributed by atoms with Gasteiger partial charge in [0, 0.05) is 37.8 Å². The molecule has 0 saturated heterocycles. The van der Waals surface area contributed by atoms with Crippen molar-refractivity contribution in [2.24, 2.45) is 5.92 Å². The summed E-state index contributed by atoms with van der Waals surface area (Å²) in [7, 11) is 3.16. The lowest BCUT2D eigenvalue weighted by Gasteiger charge is -2.35. The first kappa shape index (κ1) is 23.0. The molecule has 0 spiro atoms. The fraction of sp³-hybridized carbons (Fsp3) is 0.714. The molecule has 2 nitrogen and oxygen atoms in total. The molecule has 0 radical (unpaired) electrons. The standard InChI is InChI=1S/C21H33F3O2/c1-5-6-7-8-9-10-11-16(21(2,25-3)26-4)12-13-18-19(23)14-17(22)15-20(18)24/h14-16H,5-13H2,1-4H3. The number of halogens is 3. The highest BCUT2D eigenvalue weighted by Crippen LogP contribution is 2.32. The molecule has 1 aromatic rings. The van der Waals surface area contributed by atoms with Gasteiger partial charge in [0.2, 0.25) is 0 Å². The lowest BCUT2D eigenvalue weighted by molar-refractivity contribution is -0.229. The van der Waals surface area contributed by atoms with Crippen LogP contribution in [0.5, 0.6) is 0 Å². The monoisotopic (exact) mass is 374 g/mol. The van der Waals surface area contributed by atoms with Crippen molar-refractivity contribution in [2.75, 3.05) is 14.2 Å². The van der Waals surface area contributed by atoms with Crippen LogP contribution in [0.25, 0.3) is 0 Å². The molecule has 0 bridgehead atoms. The van der Waals surface area contributed by atoms with E-state index in [0.717, 1.165) is 31.4 Å². The van der Waals surface area contributed by atoms with Gasteiger partial charge < -0.3 is 9.47 Å². The van der Waals surface area contributed by atoms with Crippen molar-refractivity contribution >= 4 is 0 Å². The molecular formula is C21H33F3O2. The van der Waals surface area contributed by atoms with Gasteiger partial charge in [-0.25, -0.2) is 13.2 Å². The van der Waals surface area contributed by atoms with Crippen molar-refractivity contribution in [3.05, 3.63) is 35.1 Å². The van der Waals surface area contributed by atoms with E-state index in [9.17, 15) is 13.2 Å². The van der Waals surface area contributed by atoms with Crippen LogP contribution in [0.4, 0.5) is 13.2 Å². The minimum atomic E-state index is -0.897. The maximum Gasteiger partial charge on any atom is 0.167 e. The first-order chi connectivity index (χ1) is 12.4. The predicted molar refractivity (Wildman–Crippen MR) is 98.5 cm³/mol. The van der Waals surface area contributed by atoms with Gasteiger partial charge in [-0.2, -0.15) is 0 Å². The van der Waals surface area contributed by atoms with Gasteiger partial charge in [-0.15, -0.1) is 0 Å². The summed E-state index contributed by atoms with van der Waals surface area (Å²) in [5.41, 5.74) is -0.0751. The van der Waals surface area contributed by atoms with E-state index in [-0.39, 0.29) is 17.9 Å². The highest BCUT2D eigenvalue weighted by atomic mass is 19.1. The minimum Gasteiger partial charge on any atom is -0.353 e.